The lowest BCUT2D eigenvalue weighted by molar-refractivity contribution is -0.274. The zero-order chi connectivity index (χ0) is 26.0. The Hall–Kier alpha value is -3.82. The fraction of sp³-hybridized carbons (Fsp3) is 0.280. The molecule has 0 bridgehead atoms. The maximum Gasteiger partial charge on any atom is 0.573 e. The highest BCUT2D eigenvalue weighted by molar-refractivity contribution is 6.05. The molecule has 3 aromatic carbocycles. The Morgan fingerprint density at radius 3 is 2.20 bits per heavy atom. The van der Waals surface area contributed by atoms with E-state index in [0.717, 1.165) is 12.1 Å². The fourth-order valence-electron chi connectivity index (χ4n) is 3.40. The third-order valence-electron chi connectivity index (χ3n) is 5.11. The van der Waals surface area contributed by atoms with Crippen LogP contribution in [0.5, 0.6) is 11.5 Å². The van der Waals surface area contributed by atoms with Crippen LogP contribution in [0.1, 0.15) is 36.7 Å². The number of fused-ring (bicyclic) bond motifs is 1. The van der Waals surface area contributed by atoms with Crippen LogP contribution in [0.15, 0.2) is 54.6 Å². The van der Waals surface area contributed by atoms with Crippen LogP contribution in [0.2, 0.25) is 0 Å². The van der Waals surface area contributed by atoms with Gasteiger partial charge in [-0.1, -0.05) is 45.0 Å². The number of hydrogen-bond donors (Lipinski definition) is 2. The molecule has 0 radical (unpaired) electrons. The predicted octanol–water partition coefficient (Wildman–Crippen LogP) is 5.69. The van der Waals surface area contributed by atoms with Crippen LogP contribution in [0.3, 0.4) is 0 Å². The van der Waals surface area contributed by atoms with E-state index in [9.17, 15) is 32.3 Å². The number of amides is 1. The highest BCUT2D eigenvalue weighted by atomic mass is 19.4. The van der Waals surface area contributed by atoms with Crippen LogP contribution < -0.4 is 14.8 Å². The summed E-state index contributed by atoms with van der Waals surface area (Å²) < 4.78 is 60.8. The zero-order valence-electron chi connectivity index (χ0n) is 19.1. The highest BCUT2D eigenvalue weighted by Gasteiger charge is 2.34. The molecule has 6 nitrogen and oxygen atoms in total. The van der Waals surface area contributed by atoms with Gasteiger partial charge in [0.2, 0.25) is 0 Å². The normalized spacial score (nSPS) is 12.8. The lowest BCUT2D eigenvalue weighted by Crippen LogP contribution is -2.49. The minimum absolute atomic E-state index is 0.00756. The van der Waals surface area contributed by atoms with E-state index in [0.29, 0.717) is 10.9 Å². The lowest BCUT2D eigenvalue weighted by atomic mass is 9.86. The van der Waals surface area contributed by atoms with E-state index in [1.165, 1.54) is 36.4 Å². The van der Waals surface area contributed by atoms with Gasteiger partial charge in [0.05, 0.1) is 5.56 Å². The fourth-order valence-corrected chi connectivity index (χ4v) is 3.40. The lowest BCUT2D eigenvalue weighted by Gasteiger charge is -2.28. The van der Waals surface area contributed by atoms with E-state index >= 15 is 0 Å². The van der Waals surface area contributed by atoms with E-state index < -0.39 is 41.3 Å². The number of hydrogen-bond acceptors (Lipinski definition) is 4. The van der Waals surface area contributed by atoms with Crippen molar-refractivity contribution in [3.63, 3.8) is 0 Å². The first-order chi connectivity index (χ1) is 16.2. The monoisotopic (exact) mass is 493 g/mol. The van der Waals surface area contributed by atoms with E-state index in [4.69, 9.17) is 4.74 Å². The van der Waals surface area contributed by atoms with E-state index in [1.807, 2.05) is 0 Å². The molecule has 0 aliphatic carbocycles. The van der Waals surface area contributed by atoms with Crippen LogP contribution in [-0.4, -0.2) is 29.4 Å². The Morgan fingerprint density at radius 2 is 1.63 bits per heavy atom. The molecule has 3 rings (SSSR count). The number of carbonyl (C=O) groups is 2. The van der Waals surface area contributed by atoms with Crippen molar-refractivity contribution in [2.75, 3.05) is 0 Å². The summed E-state index contributed by atoms with van der Waals surface area (Å²) >= 11 is 0. The molecule has 1 unspecified atom stereocenters. The first-order valence-electron chi connectivity index (χ1n) is 10.5. The van der Waals surface area contributed by atoms with Gasteiger partial charge in [0.15, 0.2) is 0 Å². The molecule has 0 fully saturated rings. The number of halogens is 4. The molecule has 0 spiro atoms. The maximum absolute atomic E-state index is 14.0. The van der Waals surface area contributed by atoms with Crippen LogP contribution in [-0.2, 0) is 11.4 Å². The second-order valence-electron chi connectivity index (χ2n) is 8.90. The predicted molar refractivity (Wildman–Crippen MR) is 120 cm³/mol. The van der Waals surface area contributed by atoms with E-state index in [-0.39, 0.29) is 23.3 Å². The van der Waals surface area contributed by atoms with Crippen molar-refractivity contribution in [1.82, 2.24) is 5.32 Å². The average Bonchev–Trinajstić information content (AvgIpc) is 2.74. The Labute approximate surface area is 198 Å². The van der Waals surface area contributed by atoms with Gasteiger partial charge in [0.25, 0.3) is 5.91 Å². The summed E-state index contributed by atoms with van der Waals surface area (Å²) in [5, 5.41) is 12.9. The molecule has 2 N–H and O–H groups in total. The number of carboxylic acids is 1. The summed E-state index contributed by atoms with van der Waals surface area (Å²) in [7, 11) is 0. The standard InChI is InChI=1S/C25H23F4NO5/c1-24(2,3)21(23(32)33)30-22(31)18-11-7-15-6-8-16(26)12-19(15)20(18)34-13-14-4-9-17(10-5-14)35-25(27,28)29/h4-12,21H,13H2,1-3H3,(H,30,31)(H,32,33). The number of benzene rings is 3. The van der Waals surface area contributed by atoms with Crippen molar-refractivity contribution in [3.05, 3.63) is 71.5 Å². The molecule has 0 aromatic heterocycles. The Balaban J connectivity index is 1.94. The minimum atomic E-state index is -4.83. The summed E-state index contributed by atoms with van der Waals surface area (Å²) in [5.74, 6) is -2.93. The van der Waals surface area contributed by atoms with Crippen molar-refractivity contribution in [3.8, 4) is 11.5 Å². The molecule has 0 heterocycles. The van der Waals surface area contributed by atoms with Gasteiger partial charge in [0, 0.05) is 5.39 Å². The maximum atomic E-state index is 14.0. The average molecular weight is 493 g/mol. The number of alkyl halides is 3. The van der Waals surface area contributed by atoms with Crippen LogP contribution in [0.4, 0.5) is 17.6 Å². The molecule has 0 saturated carbocycles. The number of nitrogens with one attached hydrogen (secondary N) is 1. The molecule has 0 aliphatic heterocycles. The summed E-state index contributed by atoms with van der Waals surface area (Å²) in [4.78, 5) is 24.8. The Bertz CT molecular complexity index is 1230. The molecule has 0 aliphatic rings. The number of carbonyl (C=O) groups excluding carboxylic acids is 1. The van der Waals surface area contributed by atoms with Crippen molar-refractivity contribution in [2.24, 2.45) is 5.41 Å². The van der Waals surface area contributed by atoms with E-state index in [1.54, 1.807) is 26.8 Å². The Kier molecular flexibility index (Phi) is 7.23. The topological polar surface area (TPSA) is 84.9 Å². The van der Waals surface area contributed by atoms with Gasteiger partial charge in [-0.25, -0.2) is 9.18 Å². The summed E-state index contributed by atoms with van der Waals surface area (Å²) in [6, 6.07) is 10.7. The van der Waals surface area contributed by atoms with Crippen molar-refractivity contribution in [1.29, 1.82) is 0 Å². The molecule has 1 amide bonds. The van der Waals surface area contributed by atoms with Crippen LogP contribution >= 0.6 is 0 Å². The molecule has 10 heteroatoms. The molecule has 1 atom stereocenters. The molecular weight excluding hydrogens is 470 g/mol. The van der Waals surface area contributed by atoms with Gasteiger partial charge >= 0.3 is 12.3 Å². The molecule has 0 saturated heterocycles. The van der Waals surface area contributed by atoms with Gasteiger partial charge in [-0.15, -0.1) is 13.2 Å². The highest BCUT2D eigenvalue weighted by Crippen LogP contribution is 2.32. The minimum Gasteiger partial charge on any atom is -0.487 e. The number of aliphatic carboxylic acids is 1. The summed E-state index contributed by atoms with van der Waals surface area (Å²) in [5.41, 5.74) is -0.362. The van der Waals surface area contributed by atoms with Crippen molar-refractivity contribution >= 4 is 22.6 Å². The van der Waals surface area contributed by atoms with Gasteiger partial charge < -0.3 is 19.9 Å². The van der Waals surface area contributed by atoms with Crippen molar-refractivity contribution < 1.29 is 41.7 Å². The smallest absolute Gasteiger partial charge is 0.487 e. The molecular formula is C25H23F4NO5. The zero-order valence-corrected chi connectivity index (χ0v) is 19.1. The molecule has 35 heavy (non-hydrogen) atoms. The molecule has 186 valence electrons. The first kappa shape index (κ1) is 25.8. The second kappa shape index (κ2) is 9.81. The first-order valence-corrected chi connectivity index (χ1v) is 10.5. The van der Waals surface area contributed by atoms with Gasteiger partial charge in [-0.05, 0) is 46.7 Å². The quantitative estimate of drug-likeness (QED) is 0.414. The Morgan fingerprint density at radius 1 is 1.00 bits per heavy atom. The number of carboxylic acid groups (broad SMARTS) is 1. The van der Waals surface area contributed by atoms with Gasteiger partial charge in [-0.2, -0.15) is 0 Å². The van der Waals surface area contributed by atoms with Gasteiger partial charge in [0.1, 0.15) is 30.0 Å². The summed E-state index contributed by atoms with van der Waals surface area (Å²) in [6.45, 7) is 4.81. The molecule has 3 aromatic rings. The largest absolute Gasteiger partial charge is 0.573 e. The number of rotatable bonds is 7. The third-order valence-corrected chi connectivity index (χ3v) is 5.11. The summed E-state index contributed by atoms with van der Waals surface area (Å²) in [6.07, 6.45) is -4.83. The second-order valence-corrected chi connectivity index (χ2v) is 8.90. The van der Waals surface area contributed by atoms with E-state index in [2.05, 4.69) is 10.1 Å². The van der Waals surface area contributed by atoms with Gasteiger partial charge in [-0.3, -0.25) is 4.79 Å². The SMILES string of the molecule is CC(C)(C)C(NC(=O)c1ccc2ccc(F)cc2c1OCc1ccc(OC(F)(F)F)cc1)C(=O)O. The third kappa shape index (κ3) is 6.62. The van der Waals surface area contributed by atoms with Crippen LogP contribution in [0, 0.1) is 11.2 Å². The van der Waals surface area contributed by atoms with Crippen molar-refractivity contribution in [2.45, 2.75) is 39.8 Å². The number of ether oxygens (including phenoxy) is 2. The van der Waals surface area contributed by atoms with Crippen LogP contribution in [0.25, 0.3) is 10.8 Å².